The van der Waals surface area contributed by atoms with Gasteiger partial charge >= 0.3 is 6.03 Å². The molecule has 0 bridgehead atoms. The van der Waals surface area contributed by atoms with Crippen molar-refractivity contribution in [1.82, 2.24) is 15.2 Å². The average Bonchev–Trinajstić information content (AvgIpc) is 3.01. The molecule has 0 saturated carbocycles. The fourth-order valence-electron chi connectivity index (χ4n) is 2.01. The van der Waals surface area contributed by atoms with Gasteiger partial charge in [0.2, 0.25) is 5.91 Å². The number of thiazole rings is 1. The van der Waals surface area contributed by atoms with Crippen LogP contribution in [0.3, 0.4) is 0 Å². The minimum absolute atomic E-state index is 0.00150. The Balaban J connectivity index is 1.94. The van der Waals surface area contributed by atoms with E-state index in [1.165, 1.54) is 18.3 Å². The van der Waals surface area contributed by atoms with Crippen molar-refractivity contribution in [3.05, 3.63) is 46.4 Å². The summed E-state index contributed by atoms with van der Waals surface area (Å²) in [7, 11) is 1.74. The largest absolute Gasteiger partial charge is 0.342 e. The lowest BCUT2D eigenvalue weighted by molar-refractivity contribution is -0.128. The molecule has 0 aliphatic rings. The van der Waals surface area contributed by atoms with E-state index in [0.717, 1.165) is 10.6 Å². The molecule has 0 fully saturated rings. The highest BCUT2D eigenvalue weighted by atomic mass is 32.1. The number of amides is 3. The summed E-state index contributed by atoms with van der Waals surface area (Å²) in [5.74, 6) is -0.00150. The molecular weight excluding hydrogens is 312 g/mol. The summed E-state index contributed by atoms with van der Waals surface area (Å²) in [5.41, 5.74) is 1.64. The number of carbonyl (C=O) groups excluding carboxylic acids is 2. The summed E-state index contributed by atoms with van der Waals surface area (Å²) in [6.07, 6.45) is 1.71. The van der Waals surface area contributed by atoms with Gasteiger partial charge in [-0.2, -0.15) is 0 Å². The third kappa shape index (κ3) is 5.07. The lowest BCUT2D eigenvalue weighted by atomic mass is 10.2. The van der Waals surface area contributed by atoms with Crippen LogP contribution in [0.25, 0.3) is 0 Å². The van der Waals surface area contributed by atoms with Gasteiger partial charge in [0, 0.05) is 37.8 Å². The molecule has 0 unspecified atom stereocenters. The predicted molar refractivity (Wildman–Crippen MR) is 91.3 cm³/mol. The molecule has 1 aromatic carbocycles. The van der Waals surface area contributed by atoms with Crippen molar-refractivity contribution in [1.29, 1.82) is 0 Å². The number of benzene rings is 1. The third-order valence-electron chi connectivity index (χ3n) is 3.31. The SMILES string of the molecule is CC(=O)N(C)Cc1cccc(NC(=O)N[C@@H](C)c2nccs2)c1. The lowest BCUT2D eigenvalue weighted by Crippen LogP contribution is -2.31. The normalized spacial score (nSPS) is 11.6. The maximum atomic E-state index is 12.0. The molecule has 0 saturated heterocycles. The molecular formula is C16H20N4O2S. The van der Waals surface area contributed by atoms with Crippen molar-refractivity contribution in [2.75, 3.05) is 12.4 Å². The second-order valence-electron chi connectivity index (χ2n) is 5.27. The topological polar surface area (TPSA) is 74.3 Å². The first-order chi connectivity index (χ1) is 11.0. The molecule has 0 radical (unpaired) electrons. The maximum absolute atomic E-state index is 12.0. The standard InChI is InChI=1S/C16H20N4O2S/c1-11(15-17-7-8-23-15)18-16(22)19-14-6-4-5-13(9-14)10-20(3)12(2)21/h4-9,11H,10H2,1-3H3,(H2,18,19,22)/t11-/m0/s1. The Kier molecular flexibility index (Phi) is 5.70. The van der Waals surface area contributed by atoms with Crippen LogP contribution in [-0.4, -0.2) is 28.9 Å². The van der Waals surface area contributed by atoms with Gasteiger partial charge in [0.25, 0.3) is 0 Å². The second kappa shape index (κ2) is 7.73. The third-order valence-corrected chi connectivity index (χ3v) is 4.27. The number of nitrogens with one attached hydrogen (secondary N) is 2. The Morgan fingerprint density at radius 1 is 1.39 bits per heavy atom. The van der Waals surface area contributed by atoms with Gasteiger partial charge in [-0.1, -0.05) is 12.1 Å². The van der Waals surface area contributed by atoms with Crippen molar-refractivity contribution in [3.8, 4) is 0 Å². The van der Waals surface area contributed by atoms with Crippen LogP contribution < -0.4 is 10.6 Å². The second-order valence-corrected chi connectivity index (χ2v) is 6.19. The van der Waals surface area contributed by atoms with Crippen LogP contribution in [0.15, 0.2) is 35.8 Å². The Bertz CT molecular complexity index is 672. The predicted octanol–water partition coefficient (Wildman–Crippen LogP) is 3.00. The molecule has 1 aromatic heterocycles. The van der Waals surface area contributed by atoms with Gasteiger partial charge in [0.15, 0.2) is 0 Å². The zero-order valence-corrected chi connectivity index (χ0v) is 14.2. The smallest absolute Gasteiger partial charge is 0.319 e. The summed E-state index contributed by atoms with van der Waals surface area (Å²) in [5, 5.41) is 8.38. The molecule has 122 valence electrons. The van der Waals surface area contributed by atoms with Crippen molar-refractivity contribution in [2.45, 2.75) is 26.4 Å². The zero-order chi connectivity index (χ0) is 16.8. The van der Waals surface area contributed by atoms with Crippen molar-refractivity contribution >= 4 is 29.0 Å². The van der Waals surface area contributed by atoms with E-state index in [-0.39, 0.29) is 18.0 Å². The summed E-state index contributed by atoms with van der Waals surface area (Å²) in [6, 6.07) is 6.99. The van der Waals surface area contributed by atoms with Gasteiger partial charge in [-0.3, -0.25) is 4.79 Å². The highest BCUT2D eigenvalue weighted by Gasteiger charge is 2.12. The molecule has 2 aromatic rings. The van der Waals surface area contributed by atoms with Crippen LogP contribution >= 0.6 is 11.3 Å². The number of aromatic nitrogens is 1. The molecule has 2 rings (SSSR count). The van der Waals surface area contributed by atoms with E-state index < -0.39 is 0 Å². The van der Waals surface area contributed by atoms with Crippen LogP contribution in [0, 0.1) is 0 Å². The van der Waals surface area contributed by atoms with E-state index >= 15 is 0 Å². The fraction of sp³-hybridized carbons (Fsp3) is 0.312. The summed E-state index contributed by atoms with van der Waals surface area (Å²) < 4.78 is 0. The van der Waals surface area contributed by atoms with E-state index in [1.54, 1.807) is 18.1 Å². The van der Waals surface area contributed by atoms with Gasteiger partial charge in [-0.05, 0) is 24.6 Å². The van der Waals surface area contributed by atoms with E-state index in [2.05, 4.69) is 15.6 Å². The van der Waals surface area contributed by atoms with Crippen molar-refractivity contribution < 1.29 is 9.59 Å². The van der Waals surface area contributed by atoms with Gasteiger partial charge in [0.05, 0.1) is 6.04 Å². The summed E-state index contributed by atoms with van der Waals surface area (Å²) >= 11 is 1.50. The highest BCUT2D eigenvalue weighted by Crippen LogP contribution is 2.16. The molecule has 0 aliphatic carbocycles. The molecule has 3 amide bonds. The minimum atomic E-state index is -0.287. The van der Waals surface area contributed by atoms with Crippen molar-refractivity contribution in [2.24, 2.45) is 0 Å². The summed E-state index contributed by atoms with van der Waals surface area (Å²) in [6.45, 7) is 3.91. The summed E-state index contributed by atoms with van der Waals surface area (Å²) in [4.78, 5) is 29.1. The molecule has 1 heterocycles. The van der Waals surface area contributed by atoms with Crippen LogP contribution in [0.2, 0.25) is 0 Å². The van der Waals surface area contributed by atoms with E-state index in [4.69, 9.17) is 0 Å². The number of urea groups is 1. The molecule has 0 aliphatic heterocycles. The van der Waals surface area contributed by atoms with Crippen LogP contribution in [0.4, 0.5) is 10.5 Å². The van der Waals surface area contributed by atoms with Crippen LogP contribution in [0.1, 0.15) is 30.5 Å². The molecule has 2 N–H and O–H groups in total. The monoisotopic (exact) mass is 332 g/mol. The van der Waals surface area contributed by atoms with Crippen LogP contribution in [0.5, 0.6) is 0 Å². The molecule has 0 spiro atoms. The first-order valence-corrected chi connectivity index (χ1v) is 8.11. The number of hydrogen-bond donors (Lipinski definition) is 2. The van der Waals surface area contributed by atoms with Crippen LogP contribution in [-0.2, 0) is 11.3 Å². The minimum Gasteiger partial charge on any atom is -0.342 e. The molecule has 6 nitrogen and oxygen atoms in total. The first kappa shape index (κ1) is 17.0. The number of rotatable bonds is 5. The Hall–Kier alpha value is -2.41. The quantitative estimate of drug-likeness (QED) is 0.884. The number of hydrogen-bond acceptors (Lipinski definition) is 4. The number of nitrogens with zero attached hydrogens (tertiary/aromatic N) is 2. The van der Waals surface area contributed by atoms with Crippen molar-refractivity contribution in [3.63, 3.8) is 0 Å². The lowest BCUT2D eigenvalue weighted by Gasteiger charge is -2.16. The van der Waals surface area contributed by atoms with E-state index in [9.17, 15) is 9.59 Å². The maximum Gasteiger partial charge on any atom is 0.319 e. The average molecular weight is 332 g/mol. The highest BCUT2D eigenvalue weighted by molar-refractivity contribution is 7.09. The molecule has 23 heavy (non-hydrogen) atoms. The Morgan fingerprint density at radius 2 is 2.17 bits per heavy atom. The molecule has 7 heteroatoms. The Labute approximate surface area is 139 Å². The van der Waals surface area contributed by atoms with Gasteiger partial charge in [0.1, 0.15) is 5.01 Å². The zero-order valence-electron chi connectivity index (χ0n) is 13.4. The van der Waals surface area contributed by atoms with Gasteiger partial charge in [-0.25, -0.2) is 9.78 Å². The van der Waals surface area contributed by atoms with E-state index in [1.807, 2.05) is 36.6 Å². The number of anilines is 1. The first-order valence-electron chi connectivity index (χ1n) is 7.23. The fourth-order valence-corrected chi connectivity index (χ4v) is 2.65. The molecule has 1 atom stereocenters. The van der Waals surface area contributed by atoms with E-state index in [0.29, 0.717) is 12.2 Å². The van der Waals surface area contributed by atoms with Gasteiger partial charge < -0.3 is 15.5 Å². The van der Waals surface area contributed by atoms with Gasteiger partial charge in [-0.15, -0.1) is 11.3 Å². The number of carbonyl (C=O) groups is 2. The Morgan fingerprint density at radius 3 is 2.83 bits per heavy atom.